The Balaban J connectivity index is 2.14. The Morgan fingerprint density at radius 1 is 0.957 bits per heavy atom. The summed E-state index contributed by atoms with van der Waals surface area (Å²) in [4.78, 5) is -0.0242. The van der Waals surface area contributed by atoms with E-state index in [-0.39, 0.29) is 10.6 Å². The first-order chi connectivity index (χ1) is 10.7. The Labute approximate surface area is 130 Å². The van der Waals surface area contributed by atoms with E-state index in [4.69, 9.17) is 0 Å². The molecule has 2 rings (SSSR count). The van der Waals surface area contributed by atoms with Crippen molar-refractivity contribution in [1.29, 1.82) is 0 Å². The zero-order chi connectivity index (χ0) is 17.1. The lowest BCUT2D eigenvalue weighted by molar-refractivity contribution is -0.274. The third-order valence-electron chi connectivity index (χ3n) is 2.65. The second-order valence-corrected chi connectivity index (χ2v) is 6.10. The fourth-order valence-corrected chi connectivity index (χ4v) is 2.35. The summed E-state index contributed by atoms with van der Waals surface area (Å²) in [7, 11) is -3.97. The molecule has 23 heavy (non-hydrogen) atoms. The molecule has 0 aliphatic rings. The minimum atomic E-state index is -4.79. The van der Waals surface area contributed by atoms with Gasteiger partial charge >= 0.3 is 6.36 Å². The van der Waals surface area contributed by atoms with Crippen LogP contribution in [0.1, 0.15) is 5.56 Å². The highest BCUT2D eigenvalue weighted by molar-refractivity contribution is 7.90. The monoisotopic (exact) mass is 344 g/mol. The van der Waals surface area contributed by atoms with Crippen LogP contribution >= 0.6 is 0 Å². The van der Waals surface area contributed by atoms with Crippen molar-refractivity contribution in [2.24, 2.45) is 9.63 Å². The molecular weight excluding hydrogens is 333 g/mol. The summed E-state index contributed by atoms with van der Waals surface area (Å²) in [5.41, 5.74) is 0.969. The molecule has 0 atom stereocenters. The third-order valence-corrected chi connectivity index (χ3v) is 3.82. The van der Waals surface area contributed by atoms with Crippen molar-refractivity contribution < 1.29 is 26.3 Å². The van der Waals surface area contributed by atoms with E-state index in [1.54, 1.807) is 12.1 Å². The Bertz CT molecular complexity index is 799. The van der Waals surface area contributed by atoms with E-state index in [1.165, 1.54) is 12.1 Å². The predicted molar refractivity (Wildman–Crippen MR) is 76.0 cm³/mol. The third kappa shape index (κ3) is 5.06. The van der Waals surface area contributed by atoms with Gasteiger partial charge in [-0.2, -0.15) is 8.42 Å². The van der Waals surface area contributed by atoms with Crippen molar-refractivity contribution >= 4 is 15.7 Å². The summed E-state index contributed by atoms with van der Waals surface area (Å²) in [6.45, 7) is 1.81. The summed E-state index contributed by atoms with van der Waals surface area (Å²) >= 11 is 0. The van der Waals surface area contributed by atoms with Crippen LogP contribution < -0.4 is 4.74 Å². The van der Waals surface area contributed by atoms with E-state index in [1.807, 2.05) is 6.92 Å². The predicted octanol–water partition coefficient (Wildman–Crippen LogP) is 4.37. The molecule has 0 heterocycles. The number of hydrogen-bond acceptors (Lipinski definition) is 4. The Hall–Kier alpha value is -2.42. The highest BCUT2D eigenvalue weighted by atomic mass is 32.2. The molecule has 122 valence electrons. The number of benzene rings is 2. The van der Waals surface area contributed by atoms with Gasteiger partial charge in [-0.3, -0.25) is 0 Å². The Morgan fingerprint density at radius 2 is 1.52 bits per heavy atom. The first kappa shape index (κ1) is 16.9. The van der Waals surface area contributed by atoms with Gasteiger partial charge in [0.15, 0.2) is 0 Å². The van der Waals surface area contributed by atoms with Crippen LogP contribution in [0.2, 0.25) is 0 Å². The van der Waals surface area contributed by atoms with Gasteiger partial charge in [-0.05, 0) is 43.3 Å². The number of nitrogens with zero attached hydrogens (tertiary/aromatic N) is 2. The molecule has 0 unspecified atom stereocenters. The lowest BCUT2D eigenvalue weighted by Gasteiger charge is -2.08. The number of rotatable bonds is 4. The number of hydrogen-bond donors (Lipinski definition) is 0. The van der Waals surface area contributed by atoms with Crippen LogP contribution in [0.4, 0.5) is 18.9 Å². The van der Waals surface area contributed by atoms with E-state index < -0.39 is 22.1 Å². The average Bonchev–Trinajstić information content (AvgIpc) is 2.45. The average molecular weight is 344 g/mol. The summed E-state index contributed by atoms with van der Waals surface area (Å²) in [5, 5.41) is 3.51. The van der Waals surface area contributed by atoms with Crippen molar-refractivity contribution in [2.75, 3.05) is 0 Å². The van der Waals surface area contributed by atoms with Gasteiger partial charge in [0.1, 0.15) is 5.75 Å². The lowest BCUT2D eigenvalue weighted by Crippen LogP contribution is -2.16. The standard InChI is InChI=1S/C14H11F3N2O3S/c1-10-2-8-13(9-3-10)23(20,21)19-18-11-4-6-12(7-5-11)22-14(15,16)17/h2-9H,1H3. The summed E-state index contributed by atoms with van der Waals surface area (Å²) in [6.07, 6.45) is -4.79. The van der Waals surface area contributed by atoms with E-state index in [2.05, 4.69) is 14.4 Å². The van der Waals surface area contributed by atoms with Gasteiger partial charge in [0.05, 0.1) is 10.6 Å². The topological polar surface area (TPSA) is 68.1 Å². The molecule has 0 bridgehead atoms. The van der Waals surface area contributed by atoms with Crippen molar-refractivity contribution in [1.82, 2.24) is 0 Å². The Kier molecular flexibility index (Phi) is 4.69. The maximum absolute atomic E-state index is 12.0. The fraction of sp³-hybridized carbons (Fsp3) is 0.143. The molecule has 0 aromatic heterocycles. The van der Waals surface area contributed by atoms with Gasteiger partial charge in [0, 0.05) is 0 Å². The van der Waals surface area contributed by atoms with E-state index in [9.17, 15) is 21.6 Å². The number of alkyl halides is 3. The van der Waals surface area contributed by atoms with Crippen LogP contribution in [-0.4, -0.2) is 14.8 Å². The molecule has 0 aliphatic heterocycles. The largest absolute Gasteiger partial charge is 0.573 e. The number of sulfonamides is 1. The zero-order valence-corrected chi connectivity index (χ0v) is 12.6. The van der Waals surface area contributed by atoms with Crippen molar-refractivity contribution in [2.45, 2.75) is 18.2 Å². The molecule has 5 nitrogen and oxygen atoms in total. The van der Waals surface area contributed by atoms with Crippen molar-refractivity contribution in [3.8, 4) is 5.75 Å². The van der Waals surface area contributed by atoms with Crippen LogP contribution in [0.25, 0.3) is 0 Å². The van der Waals surface area contributed by atoms with Crippen LogP contribution in [-0.2, 0) is 10.0 Å². The first-order valence-electron chi connectivity index (χ1n) is 6.26. The second kappa shape index (κ2) is 6.37. The van der Waals surface area contributed by atoms with Gasteiger partial charge in [0.2, 0.25) is 0 Å². The molecule has 2 aromatic carbocycles. The molecular formula is C14H11F3N2O3S. The minimum Gasteiger partial charge on any atom is -0.406 e. The van der Waals surface area contributed by atoms with E-state index >= 15 is 0 Å². The molecule has 0 saturated heterocycles. The summed E-state index contributed by atoms with van der Waals surface area (Å²) < 4.78 is 66.9. The summed E-state index contributed by atoms with van der Waals surface area (Å²) in [6, 6.07) is 10.4. The number of halogens is 3. The van der Waals surface area contributed by atoms with E-state index in [0.717, 1.165) is 29.8 Å². The highest BCUT2D eigenvalue weighted by Gasteiger charge is 2.30. The molecule has 0 spiro atoms. The molecule has 0 fully saturated rings. The number of aryl methyl sites for hydroxylation is 1. The van der Waals surface area contributed by atoms with Gasteiger partial charge < -0.3 is 4.74 Å². The van der Waals surface area contributed by atoms with Gasteiger partial charge in [-0.15, -0.1) is 18.3 Å². The zero-order valence-electron chi connectivity index (χ0n) is 11.8. The minimum absolute atomic E-state index is 0.0242. The normalized spacial score (nSPS) is 12.5. The molecule has 0 amide bonds. The van der Waals surface area contributed by atoms with Crippen LogP contribution in [0, 0.1) is 6.92 Å². The van der Waals surface area contributed by atoms with Crippen LogP contribution in [0.15, 0.2) is 63.1 Å². The molecule has 0 radical (unpaired) electrons. The molecule has 0 aliphatic carbocycles. The lowest BCUT2D eigenvalue weighted by atomic mass is 10.2. The van der Waals surface area contributed by atoms with E-state index in [0.29, 0.717) is 0 Å². The molecule has 9 heteroatoms. The fourth-order valence-electron chi connectivity index (χ4n) is 1.57. The first-order valence-corrected chi connectivity index (χ1v) is 7.70. The van der Waals surface area contributed by atoms with Gasteiger partial charge in [-0.1, -0.05) is 22.2 Å². The summed E-state index contributed by atoms with van der Waals surface area (Å²) in [5.74, 6) is -0.433. The highest BCUT2D eigenvalue weighted by Crippen LogP contribution is 2.25. The quantitative estimate of drug-likeness (QED) is 0.774. The maximum atomic E-state index is 12.0. The molecule has 0 saturated carbocycles. The SMILES string of the molecule is Cc1ccc(S(=O)(=O)N=Nc2ccc(OC(F)(F)F)cc2)cc1. The van der Waals surface area contributed by atoms with Crippen LogP contribution in [0.5, 0.6) is 5.75 Å². The number of ether oxygens (including phenoxy) is 1. The Morgan fingerprint density at radius 3 is 2.04 bits per heavy atom. The smallest absolute Gasteiger partial charge is 0.406 e. The van der Waals surface area contributed by atoms with Crippen LogP contribution in [0.3, 0.4) is 0 Å². The molecule has 0 N–H and O–H groups in total. The maximum Gasteiger partial charge on any atom is 0.573 e. The van der Waals surface area contributed by atoms with Crippen molar-refractivity contribution in [3.05, 3.63) is 54.1 Å². The van der Waals surface area contributed by atoms with Gasteiger partial charge in [0.25, 0.3) is 10.0 Å². The van der Waals surface area contributed by atoms with Crippen molar-refractivity contribution in [3.63, 3.8) is 0 Å². The second-order valence-electron chi connectivity index (χ2n) is 4.51. The van der Waals surface area contributed by atoms with Gasteiger partial charge in [-0.25, -0.2) is 0 Å². The molecule has 2 aromatic rings.